The maximum atomic E-state index is 10.4. The van der Waals surface area contributed by atoms with E-state index < -0.39 is 8.25 Å². The van der Waals surface area contributed by atoms with Crippen molar-refractivity contribution in [1.82, 2.24) is 5.23 Å². The summed E-state index contributed by atoms with van der Waals surface area (Å²) >= 11 is 0. The maximum absolute atomic E-state index is 10.4. The van der Waals surface area contributed by atoms with Crippen molar-refractivity contribution in [2.45, 2.75) is 27.2 Å². The molecular formula is C7H20NO5P. The van der Waals surface area contributed by atoms with Gasteiger partial charge in [0.2, 0.25) is 0 Å². The molecule has 0 bridgehead atoms. The van der Waals surface area contributed by atoms with Gasteiger partial charge in [-0.2, -0.15) is 0 Å². The van der Waals surface area contributed by atoms with Gasteiger partial charge in [0.05, 0.1) is 19.8 Å². The second kappa shape index (κ2) is 13.0. The van der Waals surface area contributed by atoms with Crippen LogP contribution in [0.15, 0.2) is 0 Å². The molecule has 7 heteroatoms. The largest absolute Gasteiger partial charge is 0.319 e. The highest BCUT2D eigenvalue weighted by Gasteiger charge is 1.91. The van der Waals surface area contributed by atoms with Gasteiger partial charge in [0.15, 0.2) is 0 Å². The van der Waals surface area contributed by atoms with Crippen LogP contribution < -0.4 is 0 Å². The summed E-state index contributed by atoms with van der Waals surface area (Å²) < 4.78 is 19.6. The number of hydroxylamine groups is 2. The number of rotatable bonds is 6. The summed E-state index contributed by atoms with van der Waals surface area (Å²) in [6.45, 7) is 6.65. The molecule has 88 valence electrons. The maximum Gasteiger partial charge on any atom is 0.319 e. The zero-order valence-electron chi connectivity index (χ0n) is 8.89. The zero-order valence-corrected chi connectivity index (χ0v) is 9.89. The molecular weight excluding hydrogens is 209 g/mol. The van der Waals surface area contributed by atoms with Gasteiger partial charge < -0.3 is 9.05 Å². The Morgan fingerprint density at radius 1 is 1.14 bits per heavy atom. The smallest absolute Gasteiger partial charge is 0.311 e. The summed E-state index contributed by atoms with van der Waals surface area (Å²) in [4.78, 5) is 0. The van der Waals surface area contributed by atoms with Crippen molar-refractivity contribution in [3.05, 3.63) is 0 Å². The second-order valence-electron chi connectivity index (χ2n) is 2.21. The Balaban J connectivity index is 0. The van der Waals surface area contributed by atoms with Crippen molar-refractivity contribution < 1.29 is 24.0 Å². The van der Waals surface area contributed by atoms with Crippen LogP contribution in [0.2, 0.25) is 0 Å². The van der Waals surface area contributed by atoms with Crippen LogP contribution in [-0.2, 0) is 13.6 Å². The highest BCUT2D eigenvalue weighted by Crippen LogP contribution is 2.21. The van der Waals surface area contributed by atoms with Crippen molar-refractivity contribution in [1.29, 1.82) is 0 Å². The topological polar surface area (TPSA) is 79.2 Å². The van der Waals surface area contributed by atoms with Gasteiger partial charge in [0.1, 0.15) is 0 Å². The van der Waals surface area contributed by atoms with E-state index in [-0.39, 0.29) is 5.23 Å². The first-order chi connectivity index (χ1) is 6.58. The molecule has 0 aliphatic heterocycles. The average molecular weight is 229 g/mol. The molecule has 0 radical (unpaired) electrons. The Kier molecular flexibility index (Phi) is 15.3. The Hall–Kier alpha value is 0.0300. The first-order valence-corrected chi connectivity index (χ1v) is 5.75. The molecule has 0 rings (SSSR count). The van der Waals surface area contributed by atoms with Crippen LogP contribution in [-0.4, -0.2) is 35.4 Å². The van der Waals surface area contributed by atoms with Crippen LogP contribution in [0.3, 0.4) is 0 Å². The van der Waals surface area contributed by atoms with Crippen molar-refractivity contribution in [3.8, 4) is 0 Å². The molecule has 0 aliphatic rings. The minimum Gasteiger partial charge on any atom is -0.311 e. The van der Waals surface area contributed by atoms with Crippen molar-refractivity contribution in [3.63, 3.8) is 0 Å². The van der Waals surface area contributed by atoms with Crippen LogP contribution in [0, 0.1) is 0 Å². The summed E-state index contributed by atoms with van der Waals surface area (Å²) in [5.74, 6) is 0. The standard InChI is InChI=1S/C4H11O3P.C3H9NO2/c1-3-6-8(5)7-4-2;1-2-3-4(5)6/h8H,3-4H2,1-2H3;5-6H,2-3H2,1H3. The van der Waals surface area contributed by atoms with Gasteiger partial charge in [-0.1, -0.05) is 12.2 Å². The minimum atomic E-state index is -2.14. The minimum absolute atomic E-state index is 0.181. The van der Waals surface area contributed by atoms with Gasteiger partial charge in [0.25, 0.3) is 0 Å². The number of nitrogens with zero attached hydrogens (tertiary/aromatic N) is 1. The summed E-state index contributed by atoms with van der Waals surface area (Å²) in [7, 11) is -2.14. The lowest BCUT2D eigenvalue weighted by Crippen LogP contribution is -2.13. The Morgan fingerprint density at radius 3 is 1.71 bits per heavy atom. The molecule has 0 fully saturated rings. The van der Waals surface area contributed by atoms with E-state index in [0.717, 1.165) is 6.42 Å². The molecule has 0 saturated carbocycles. The van der Waals surface area contributed by atoms with Gasteiger partial charge >= 0.3 is 8.25 Å². The van der Waals surface area contributed by atoms with Crippen molar-refractivity contribution in [2.75, 3.05) is 19.8 Å². The molecule has 0 spiro atoms. The lowest BCUT2D eigenvalue weighted by Gasteiger charge is -1.99. The lowest BCUT2D eigenvalue weighted by atomic mass is 10.5. The number of hydrogen-bond donors (Lipinski definition) is 2. The van der Waals surface area contributed by atoms with Gasteiger partial charge in [-0.15, -0.1) is 0 Å². The quantitative estimate of drug-likeness (QED) is 0.535. The summed E-state index contributed by atoms with van der Waals surface area (Å²) in [5.41, 5.74) is 0. The van der Waals surface area contributed by atoms with Crippen LogP contribution in [0.4, 0.5) is 0 Å². The first-order valence-electron chi connectivity index (χ1n) is 4.53. The highest BCUT2D eigenvalue weighted by molar-refractivity contribution is 7.33. The summed E-state index contributed by atoms with van der Waals surface area (Å²) in [5, 5.41) is 16.1. The van der Waals surface area contributed by atoms with Gasteiger partial charge in [-0.25, -0.2) is 0 Å². The van der Waals surface area contributed by atoms with E-state index in [2.05, 4.69) is 9.05 Å². The molecule has 0 saturated heterocycles. The van der Waals surface area contributed by atoms with Crippen LogP contribution in [0.25, 0.3) is 0 Å². The normalized spacial score (nSPS) is 10.2. The molecule has 0 aromatic rings. The lowest BCUT2D eigenvalue weighted by molar-refractivity contribution is -0.306. The zero-order chi connectivity index (χ0) is 11.4. The third-order valence-electron chi connectivity index (χ3n) is 0.948. The summed E-state index contributed by atoms with van der Waals surface area (Å²) in [6.07, 6.45) is 0.757. The molecule has 0 aromatic heterocycles. The van der Waals surface area contributed by atoms with Crippen molar-refractivity contribution in [2.24, 2.45) is 0 Å². The molecule has 0 unspecified atom stereocenters. The molecule has 0 aromatic carbocycles. The number of hydrogen-bond acceptors (Lipinski definition) is 6. The average Bonchev–Trinajstić information content (AvgIpc) is 2.05. The van der Waals surface area contributed by atoms with Gasteiger partial charge in [-0.3, -0.25) is 15.0 Å². The third-order valence-corrected chi connectivity index (χ3v) is 2.00. The van der Waals surface area contributed by atoms with E-state index in [1.807, 2.05) is 6.92 Å². The predicted octanol–water partition coefficient (Wildman–Crippen LogP) is 1.93. The molecule has 0 amide bonds. The second-order valence-corrected chi connectivity index (χ2v) is 3.29. The van der Waals surface area contributed by atoms with E-state index in [0.29, 0.717) is 19.8 Å². The van der Waals surface area contributed by atoms with E-state index in [9.17, 15) is 4.57 Å². The van der Waals surface area contributed by atoms with Crippen LogP contribution >= 0.6 is 8.25 Å². The van der Waals surface area contributed by atoms with E-state index >= 15 is 0 Å². The molecule has 0 atom stereocenters. The SMILES string of the molecule is CCCN(O)O.CCO[PH](=O)OCC. The molecule has 14 heavy (non-hydrogen) atoms. The van der Waals surface area contributed by atoms with Crippen LogP contribution in [0.5, 0.6) is 0 Å². The predicted molar refractivity (Wildman–Crippen MR) is 52.8 cm³/mol. The fourth-order valence-corrected chi connectivity index (χ4v) is 1.03. The van der Waals surface area contributed by atoms with Crippen LogP contribution in [0.1, 0.15) is 27.2 Å². The van der Waals surface area contributed by atoms with Crippen molar-refractivity contribution >= 4 is 8.25 Å². The first kappa shape index (κ1) is 16.5. The van der Waals surface area contributed by atoms with Gasteiger partial charge in [0, 0.05) is 0 Å². The third kappa shape index (κ3) is 17.9. The molecule has 6 nitrogen and oxygen atoms in total. The van der Waals surface area contributed by atoms with E-state index in [1.54, 1.807) is 13.8 Å². The molecule has 0 heterocycles. The fourth-order valence-electron chi connectivity index (χ4n) is 0.477. The molecule has 2 N–H and O–H groups in total. The Bertz CT molecular complexity index is 125. The van der Waals surface area contributed by atoms with E-state index in [4.69, 9.17) is 10.4 Å². The Morgan fingerprint density at radius 2 is 1.57 bits per heavy atom. The molecule has 0 aliphatic carbocycles. The monoisotopic (exact) mass is 229 g/mol. The fraction of sp³-hybridized carbons (Fsp3) is 1.00. The highest BCUT2D eigenvalue weighted by atomic mass is 31.1. The Labute approximate surface area is 85.3 Å². The van der Waals surface area contributed by atoms with E-state index in [1.165, 1.54) is 0 Å². The summed E-state index contributed by atoms with van der Waals surface area (Å²) in [6, 6.07) is 0. The van der Waals surface area contributed by atoms with Gasteiger partial charge in [-0.05, 0) is 20.3 Å².